The molecular weight excluding hydrogens is 856 g/mol. The highest BCUT2D eigenvalue weighted by Crippen LogP contribution is 2.15. The van der Waals surface area contributed by atoms with Crippen LogP contribution in [0.4, 0.5) is 0 Å². The maximum absolute atomic E-state index is 13.0. The van der Waals surface area contributed by atoms with Crippen molar-refractivity contribution in [2.24, 2.45) is 0 Å². The lowest BCUT2D eigenvalue weighted by Crippen LogP contribution is -2.55. The van der Waals surface area contributed by atoms with Crippen molar-refractivity contribution in [1.82, 2.24) is 40.0 Å². The van der Waals surface area contributed by atoms with E-state index in [4.69, 9.17) is 23.7 Å². The Hall–Kier alpha value is -5.54. The molecule has 366 valence electrons. The van der Waals surface area contributed by atoms with Gasteiger partial charge in [-0.3, -0.25) is 77.3 Å². The van der Waals surface area contributed by atoms with Gasteiger partial charge in [-0.25, -0.2) is 0 Å². The summed E-state index contributed by atoms with van der Waals surface area (Å²) >= 11 is 0. The Morgan fingerprint density at radius 3 is 0.953 bits per heavy atom. The number of methoxy groups -OCH3 is 6. The minimum atomic E-state index is -1.48. The Bertz CT molecular complexity index is 1550. The smallest absolute Gasteiger partial charge is 0.323 e. The molecule has 2 amide bonds. The Morgan fingerprint density at radius 1 is 0.391 bits per heavy atom. The van der Waals surface area contributed by atoms with Crippen LogP contribution in [0.25, 0.3) is 0 Å². The lowest BCUT2D eigenvalue weighted by atomic mass is 10.0. The Balaban J connectivity index is 5.59. The highest BCUT2D eigenvalue weighted by molar-refractivity contribution is 5.81. The van der Waals surface area contributed by atoms with Gasteiger partial charge in [0, 0.05) is 65.4 Å². The zero-order valence-corrected chi connectivity index (χ0v) is 38.0. The van der Waals surface area contributed by atoms with Crippen LogP contribution in [0.3, 0.4) is 0 Å². The lowest BCUT2D eigenvalue weighted by molar-refractivity contribution is -0.154. The van der Waals surface area contributed by atoms with Crippen LogP contribution in [0, 0.1) is 0 Å². The molecule has 0 unspecified atom stereocenters. The highest BCUT2D eigenvalue weighted by Gasteiger charge is 2.36. The van der Waals surface area contributed by atoms with E-state index in [9.17, 15) is 58.2 Å². The first-order valence-corrected chi connectivity index (χ1v) is 19.9. The van der Waals surface area contributed by atoms with Crippen LogP contribution in [-0.4, -0.2) is 272 Å². The first kappa shape index (κ1) is 58.5. The quantitative estimate of drug-likeness (QED) is 0.0263. The van der Waals surface area contributed by atoms with Crippen molar-refractivity contribution in [2.45, 2.75) is 19.4 Å². The van der Waals surface area contributed by atoms with E-state index in [2.05, 4.69) is 15.4 Å². The van der Waals surface area contributed by atoms with E-state index in [1.54, 1.807) is 9.80 Å². The maximum Gasteiger partial charge on any atom is 0.323 e. The fourth-order valence-electron chi connectivity index (χ4n) is 5.55. The van der Waals surface area contributed by atoms with E-state index >= 15 is 0 Å². The number of carboxylic acid groups (broad SMARTS) is 2. The number of carboxylic acids is 2. The lowest BCUT2D eigenvalue weighted by Gasteiger charge is -2.36. The van der Waals surface area contributed by atoms with Gasteiger partial charge in [-0.1, -0.05) is 0 Å². The predicted molar refractivity (Wildman–Crippen MR) is 221 cm³/mol. The summed E-state index contributed by atoms with van der Waals surface area (Å²) in [7, 11) is 7.05. The third-order valence-corrected chi connectivity index (χ3v) is 9.51. The largest absolute Gasteiger partial charge is 0.480 e. The molecule has 0 saturated heterocycles. The standard InChI is InChI=1S/C38H66N8O18/c1-38(2,37(57)58)46(27-36(56)64-8)18-17-42(23-32(52)60-4)12-15-44(25-34(54)62-6)20-29(48)40-10-9-39-28(47)19-43(24-33(53)61-5)14-11-41(22-31(51)59-3)13-16-45(21-30(49)50)26-35(55)63-7/h9-27H2,1-8H3,(H,39,47)(H,40,48)(H,49,50)(H,57,58). The zero-order valence-electron chi connectivity index (χ0n) is 38.0. The number of hydrogen-bond donors (Lipinski definition) is 4. The van der Waals surface area contributed by atoms with Gasteiger partial charge >= 0.3 is 47.8 Å². The third-order valence-electron chi connectivity index (χ3n) is 9.51. The topological polar surface area (TPSA) is 310 Å². The number of amides is 2. The summed E-state index contributed by atoms with van der Waals surface area (Å²) in [5, 5.41) is 24.3. The fraction of sp³-hybridized carbons (Fsp3) is 0.737. The highest BCUT2D eigenvalue weighted by atomic mass is 16.5. The Morgan fingerprint density at radius 2 is 0.656 bits per heavy atom. The molecule has 0 spiro atoms. The van der Waals surface area contributed by atoms with Gasteiger partial charge in [0.05, 0.1) is 102 Å². The van der Waals surface area contributed by atoms with Gasteiger partial charge in [-0.05, 0) is 13.8 Å². The SMILES string of the molecule is COC(=O)CN(CCN(CC(=O)O)CC(=O)OC)CCN(CC(=O)NCCNC(=O)CN(CCN(CCN(CC(=O)OC)C(C)(C)C(=O)O)CC(=O)OC)CC(=O)OC)CC(=O)OC. The summed E-state index contributed by atoms with van der Waals surface area (Å²) in [5.41, 5.74) is -1.48. The molecule has 0 saturated carbocycles. The van der Waals surface area contributed by atoms with Crippen molar-refractivity contribution >= 4 is 59.6 Å². The summed E-state index contributed by atoms with van der Waals surface area (Å²) in [6.07, 6.45) is 0. The van der Waals surface area contributed by atoms with Gasteiger partial charge in [0.1, 0.15) is 5.54 Å². The second-order valence-corrected chi connectivity index (χ2v) is 14.5. The van der Waals surface area contributed by atoms with Crippen LogP contribution in [0.2, 0.25) is 0 Å². The van der Waals surface area contributed by atoms with E-state index in [1.807, 2.05) is 0 Å². The van der Waals surface area contributed by atoms with Crippen molar-refractivity contribution in [3.63, 3.8) is 0 Å². The van der Waals surface area contributed by atoms with Gasteiger partial charge in [-0.2, -0.15) is 0 Å². The summed E-state index contributed by atoms with van der Waals surface area (Å²) in [4.78, 5) is 131. The molecular formula is C38H66N8O18. The van der Waals surface area contributed by atoms with Gasteiger partial charge in [0.15, 0.2) is 0 Å². The molecule has 0 bridgehead atoms. The van der Waals surface area contributed by atoms with Crippen LogP contribution in [0.5, 0.6) is 0 Å². The summed E-state index contributed by atoms with van der Waals surface area (Å²) < 4.78 is 28.5. The summed E-state index contributed by atoms with van der Waals surface area (Å²) in [6.45, 7) is 0.490. The van der Waals surface area contributed by atoms with Gasteiger partial charge < -0.3 is 49.3 Å². The average Bonchev–Trinajstić information content (AvgIpc) is 3.24. The first-order valence-electron chi connectivity index (χ1n) is 19.9. The third kappa shape index (κ3) is 26.2. The second kappa shape index (κ2) is 32.2. The molecule has 64 heavy (non-hydrogen) atoms. The van der Waals surface area contributed by atoms with E-state index in [-0.39, 0.29) is 118 Å². The Labute approximate surface area is 372 Å². The predicted octanol–water partition coefficient (Wildman–Crippen LogP) is -4.98. The number of nitrogens with zero attached hydrogens (tertiary/aromatic N) is 6. The van der Waals surface area contributed by atoms with Crippen molar-refractivity contribution in [3.8, 4) is 0 Å². The summed E-state index contributed by atoms with van der Waals surface area (Å²) in [6, 6.07) is 0. The van der Waals surface area contributed by atoms with Crippen LogP contribution in [-0.2, 0) is 76.4 Å². The first-order chi connectivity index (χ1) is 30.1. The van der Waals surface area contributed by atoms with Crippen molar-refractivity contribution in [3.05, 3.63) is 0 Å². The van der Waals surface area contributed by atoms with Crippen LogP contribution >= 0.6 is 0 Å². The number of esters is 6. The molecule has 0 aromatic heterocycles. The molecule has 0 atom stereocenters. The minimum absolute atomic E-state index is 0.0116. The molecule has 26 heteroatoms. The van der Waals surface area contributed by atoms with Crippen LogP contribution < -0.4 is 10.6 Å². The van der Waals surface area contributed by atoms with E-state index in [1.165, 1.54) is 69.0 Å². The average molecular weight is 923 g/mol. The number of nitrogens with one attached hydrogen (secondary N) is 2. The van der Waals surface area contributed by atoms with Gasteiger partial charge in [0.2, 0.25) is 11.8 Å². The zero-order chi connectivity index (χ0) is 48.8. The van der Waals surface area contributed by atoms with Gasteiger partial charge in [0.25, 0.3) is 0 Å². The van der Waals surface area contributed by atoms with Gasteiger partial charge in [-0.15, -0.1) is 0 Å². The molecule has 0 aromatic rings. The number of ether oxygens (including phenoxy) is 6. The molecule has 26 nitrogen and oxygen atoms in total. The van der Waals surface area contributed by atoms with Crippen LogP contribution in [0.1, 0.15) is 13.8 Å². The van der Waals surface area contributed by atoms with Crippen molar-refractivity contribution < 1.29 is 86.6 Å². The van der Waals surface area contributed by atoms with E-state index in [0.29, 0.717) is 0 Å². The van der Waals surface area contributed by atoms with Crippen molar-refractivity contribution in [1.29, 1.82) is 0 Å². The number of aliphatic carboxylic acids is 2. The number of hydrogen-bond acceptors (Lipinski definition) is 22. The molecule has 0 fully saturated rings. The minimum Gasteiger partial charge on any atom is -0.480 e. The number of carbonyl (C=O) groups is 10. The maximum atomic E-state index is 13.0. The normalized spacial score (nSPS) is 11.4. The summed E-state index contributed by atoms with van der Waals surface area (Å²) in [5.74, 6) is -7.30. The molecule has 0 heterocycles. The molecule has 0 aliphatic rings. The Kier molecular flexibility index (Phi) is 29.4. The molecule has 4 N–H and O–H groups in total. The molecule has 0 aliphatic carbocycles. The molecule has 0 radical (unpaired) electrons. The fourth-order valence-corrected chi connectivity index (χ4v) is 5.55. The molecule has 0 aliphatic heterocycles. The molecule has 0 aromatic carbocycles. The monoisotopic (exact) mass is 922 g/mol. The van der Waals surface area contributed by atoms with Crippen molar-refractivity contribution in [2.75, 3.05) is 167 Å². The number of carbonyl (C=O) groups excluding carboxylic acids is 8. The second-order valence-electron chi connectivity index (χ2n) is 14.5. The number of rotatable bonds is 35. The van der Waals surface area contributed by atoms with E-state index < -0.39 is 71.7 Å². The van der Waals surface area contributed by atoms with E-state index in [0.717, 1.165) is 7.11 Å². The van der Waals surface area contributed by atoms with Crippen LogP contribution in [0.15, 0.2) is 0 Å². The molecule has 0 rings (SSSR count).